The lowest BCUT2D eigenvalue weighted by Crippen LogP contribution is -2.10. The van der Waals surface area contributed by atoms with E-state index in [1.807, 2.05) is 6.26 Å². The number of fused-ring (bicyclic) bond motifs is 1. The quantitative estimate of drug-likeness (QED) is 0.790. The molecule has 0 saturated carbocycles. The number of aromatic nitrogens is 1. The van der Waals surface area contributed by atoms with Crippen molar-refractivity contribution in [2.24, 2.45) is 5.73 Å². The van der Waals surface area contributed by atoms with E-state index in [9.17, 15) is 4.79 Å². The van der Waals surface area contributed by atoms with Crippen molar-refractivity contribution in [1.29, 1.82) is 0 Å². The molecule has 0 aliphatic carbocycles. The highest BCUT2D eigenvalue weighted by molar-refractivity contribution is 8.00. The molecule has 0 spiro atoms. The maximum Gasteiger partial charge on any atom is 0.260 e. The zero-order valence-corrected chi connectivity index (χ0v) is 9.68. The first kappa shape index (κ1) is 9.75. The number of carbonyl (C=O) groups excluding carboxylic acids is 1. The molecule has 0 fully saturated rings. The van der Waals surface area contributed by atoms with E-state index < -0.39 is 5.91 Å². The molecule has 2 heterocycles. The average Bonchev–Trinajstić information content (AvgIpc) is 2.66. The summed E-state index contributed by atoms with van der Waals surface area (Å²) in [6.45, 7) is 0. The van der Waals surface area contributed by atoms with Gasteiger partial charge in [0.05, 0.1) is 15.3 Å². The van der Waals surface area contributed by atoms with Gasteiger partial charge in [0.2, 0.25) is 0 Å². The van der Waals surface area contributed by atoms with Crippen molar-refractivity contribution in [2.45, 2.75) is 4.21 Å². The second kappa shape index (κ2) is 3.41. The lowest BCUT2D eigenvalue weighted by atomic mass is 10.3. The SMILES string of the molecule is CSc1snc2sc(C(N)=O)c(N)c12. The second-order valence-corrected chi connectivity index (χ2v) is 5.41. The van der Waals surface area contributed by atoms with Crippen molar-refractivity contribution in [1.82, 2.24) is 4.37 Å². The zero-order valence-electron chi connectivity index (χ0n) is 7.23. The Morgan fingerprint density at radius 3 is 2.86 bits per heavy atom. The Labute approximate surface area is 92.4 Å². The fourth-order valence-corrected chi connectivity index (χ4v) is 3.73. The monoisotopic (exact) mass is 245 g/mol. The van der Waals surface area contributed by atoms with Gasteiger partial charge in [-0.1, -0.05) is 0 Å². The summed E-state index contributed by atoms with van der Waals surface area (Å²) in [6.07, 6.45) is 1.95. The van der Waals surface area contributed by atoms with Crippen LogP contribution in [0.25, 0.3) is 10.2 Å². The maximum atomic E-state index is 11.0. The number of thiophene rings is 1. The summed E-state index contributed by atoms with van der Waals surface area (Å²) in [7, 11) is 0. The molecule has 2 rings (SSSR count). The molecule has 0 radical (unpaired) electrons. The molecular weight excluding hydrogens is 238 g/mol. The molecule has 0 atom stereocenters. The number of hydrogen-bond donors (Lipinski definition) is 2. The van der Waals surface area contributed by atoms with E-state index in [1.165, 1.54) is 22.9 Å². The van der Waals surface area contributed by atoms with Crippen LogP contribution in [0, 0.1) is 0 Å². The Bertz CT molecular complexity index is 501. The van der Waals surface area contributed by atoms with Crippen LogP contribution in [0.3, 0.4) is 0 Å². The Kier molecular flexibility index (Phi) is 2.38. The topological polar surface area (TPSA) is 82.0 Å². The number of carbonyl (C=O) groups is 1. The van der Waals surface area contributed by atoms with Crippen LogP contribution in [-0.4, -0.2) is 16.5 Å². The van der Waals surface area contributed by atoms with Gasteiger partial charge in [0, 0.05) is 0 Å². The summed E-state index contributed by atoms with van der Waals surface area (Å²) in [5.74, 6) is -0.484. The van der Waals surface area contributed by atoms with Gasteiger partial charge in [0.15, 0.2) is 0 Å². The normalized spacial score (nSPS) is 10.9. The average molecular weight is 245 g/mol. The molecule has 0 saturated heterocycles. The van der Waals surface area contributed by atoms with Gasteiger partial charge in [-0.2, -0.15) is 4.37 Å². The lowest BCUT2D eigenvalue weighted by molar-refractivity contribution is 0.100. The van der Waals surface area contributed by atoms with Crippen molar-refractivity contribution >= 4 is 56.4 Å². The van der Waals surface area contributed by atoms with Crippen LogP contribution in [0.2, 0.25) is 0 Å². The van der Waals surface area contributed by atoms with Crippen molar-refractivity contribution in [3.8, 4) is 0 Å². The Morgan fingerprint density at radius 2 is 2.29 bits per heavy atom. The highest BCUT2D eigenvalue weighted by atomic mass is 32.2. The standard InChI is InChI=1S/C7H7N3OS3/c1-12-7-2-3(8)4(5(9)11)13-6(2)10-14-7/h8H2,1H3,(H2,9,11). The largest absolute Gasteiger partial charge is 0.397 e. The van der Waals surface area contributed by atoms with Crippen LogP contribution in [0.1, 0.15) is 9.67 Å². The van der Waals surface area contributed by atoms with E-state index in [0.717, 1.165) is 14.4 Å². The summed E-state index contributed by atoms with van der Waals surface area (Å²) in [6, 6.07) is 0. The van der Waals surface area contributed by atoms with E-state index in [4.69, 9.17) is 11.5 Å². The summed E-state index contributed by atoms with van der Waals surface area (Å²) >= 11 is 4.22. The van der Waals surface area contributed by atoms with E-state index in [2.05, 4.69) is 4.37 Å². The Hall–Kier alpha value is -0.790. The first-order chi connectivity index (χ1) is 6.65. The van der Waals surface area contributed by atoms with Gasteiger partial charge in [-0.25, -0.2) is 0 Å². The van der Waals surface area contributed by atoms with Gasteiger partial charge in [0.1, 0.15) is 9.71 Å². The predicted octanol–water partition coefficient (Wildman–Crippen LogP) is 1.76. The maximum absolute atomic E-state index is 11.0. The van der Waals surface area contributed by atoms with Crippen molar-refractivity contribution in [3.05, 3.63) is 4.88 Å². The third kappa shape index (κ3) is 1.28. The number of nitrogens with two attached hydrogens (primary N) is 2. The first-order valence-electron chi connectivity index (χ1n) is 3.66. The molecule has 2 aromatic rings. The van der Waals surface area contributed by atoms with Gasteiger partial charge in [0.25, 0.3) is 5.91 Å². The summed E-state index contributed by atoms with van der Waals surface area (Å²) < 4.78 is 5.23. The summed E-state index contributed by atoms with van der Waals surface area (Å²) in [5.41, 5.74) is 11.5. The molecular formula is C7H7N3OS3. The summed E-state index contributed by atoms with van der Waals surface area (Å²) in [4.78, 5) is 12.2. The number of anilines is 1. The fourth-order valence-electron chi connectivity index (χ4n) is 1.14. The molecule has 0 aromatic carbocycles. The lowest BCUT2D eigenvalue weighted by Gasteiger charge is -1.93. The third-order valence-corrected chi connectivity index (χ3v) is 4.92. The number of nitrogens with zero attached hydrogens (tertiary/aromatic N) is 1. The molecule has 74 valence electrons. The van der Waals surface area contributed by atoms with E-state index in [0.29, 0.717) is 10.6 Å². The van der Waals surface area contributed by atoms with Gasteiger partial charge < -0.3 is 11.5 Å². The van der Waals surface area contributed by atoms with Crippen molar-refractivity contribution < 1.29 is 4.79 Å². The molecule has 0 aliphatic heterocycles. The van der Waals surface area contributed by atoms with Gasteiger partial charge in [-0.15, -0.1) is 23.1 Å². The first-order valence-corrected chi connectivity index (χ1v) is 6.48. The van der Waals surface area contributed by atoms with Gasteiger partial charge in [-0.05, 0) is 17.8 Å². The van der Waals surface area contributed by atoms with Gasteiger partial charge >= 0.3 is 0 Å². The van der Waals surface area contributed by atoms with Crippen LogP contribution in [0.15, 0.2) is 4.21 Å². The smallest absolute Gasteiger partial charge is 0.260 e. The number of nitrogen functional groups attached to an aromatic ring is 1. The highest BCUT2D eigenvalue weighted by Crippen LogP contribution is 2.40. The van der Waals surface area contributed by atoms with Crippen molar-refractivity contribution in [3.63, 3.8) is 0 Å². The molecule has 0 aliphatic rings. The van der Waals surface area contributed by atoms with Crippen LogP contribution in [0.5, 0.6) is 0 Å². The predicted molar refractivity (Wildman–Crippen MR) is 62.2 cm³/mol. The minimum absolute atomic E-state index is 0.408. The molecule has 7 heteroatoms. The zero-order chi connectivity index (χ0) is 10.3. The minimum atomic E-state index is -0.484. The molecule has 14 heavy (non-hydrogen) atoms. The molecule has 4 N–H and O–H groups in total. The van der Waals surface area contributed by atoms with Crippen LogP contribution < -0.4 is 11.5 Å². The number of thioether (sulfide) groups is 1. The number of primary amides is 1. The van der Waals surface area contributed by atoms with E-state index in [-0.39, 0.29) is 0 Å². The van der Waals surface area contributed by atoms with Gasteiger partial charge in [-0.3, -0.25) is 4.79 Å². The molecule has 1 amide bonds. The summed E-state index contributed by atoms with van der Waals surface area (Å²) in [5, 5.41) is 0.876. The number of amides is 1. The third-order valence-electron chi connectivity index (χ3n) is 1.75. The minimum Gasteiger partial charge on any atom is -0.397 e. The number of hydrogen-bond acceptors (Lipinski definition) is 6. The number of rotatable bonds is 2. The van der Waals surface area contributed by atoms with Crippen LogP contribution >= 0.6 is 34.6 Å². The van der Waals surface area contributed by atoms with Crippen LogP contribution in [0.4, 0.5) is 5.69 Å². The van der Waals surface area contributed by atoms with Crippen LogP contribution in [-0.2, 0) is 0 Å². The van der Waals surface area contributed by atoms with E-state index >= 15 is 0 Å². The molecule has 4 nitrogen and oxygen atoms in total. The second-order valence-electron chi connectivity index (χ2n) is 2.56. The molecule has 2 aromatic heterocycles. The Balaban J connectivity index is 2.75. The molecule has 0 unspecified atom stereocenters. The van der Waals surface area contributed by atoms with E-state index in [1.54, 1.807) is 11.8 Å². The highest BCUT2D eigenvalue weighted by Gasteiger charge is 2.18. The molecule has 0 bridgehead atoms. The fraction of sp³-hybridized carbons (Fsp3) is 0.143. The van der Waals surface area contributed by atoms with Crippen molar-refractivity contribution in [2.75, 3.05) is 12.0 Å². The Morgan fingerprint density at radius 1 is 1.57 bits per heavy atom.